The number of carbonyl (C=O) groups is 1. The van der Waals surface area contributed by atoms with Crippen LogP contribution in [0.25, 0.3) is 0 Å². The van der Waals surface area contributed by atoms with Gasteiger partial charge in [0.2, 0.25) is 0 Å². The molecule has 7 nitrogen and oxygen atoms in total. The van der Waals surface area contributed by atoms with Gasteiger partial charge < -0.3 is 20.5 Å². The molecule has 0 spiro atoms. The fraction of sp³-hybridized carbons (Fsp3) is 0.565. The normalized spacial score (nSPS) is 25.0. The first-order valence-electron chi connectivity index (χ1n) is 11.1. The molecule has 3 heterocycles. The second-order valence-electron chi connectivity index (χ2n) is 8.82. The Morgan fingerprint density at radius 1 is 1.33 bits per heavy atom. The highest BCUT2D eigenvalue weighted by Crippen LogP contribution is 2.47. The number of nitrogens with two attached hydrogens (primary N) is 1. The molecule has 1 amide bonds. The molecular formula is C23H30N4O3. The quantitative estimate of drug-likeness (QED) is 0.652. The smallest absolute Gasteiger partial charge is 0.257 e. The molecule has 1 aromatic carbocycles. The highest BCUT2D eigenvalue weighted by molar-refractivity contribution is 6.02. The summed E-state index contributed by atoms with van der Waals surface area (Å²) < 4.78 is 13.5. The van der Waals surface area contributed by atoms with Crippen LogP contribution in [0.3, 0.4) is 0 Å². The number of ether oxygens (including phenoxy) is 2. The third-order valence-electron chi connectivity index (χ3n) is 6.70. The van der Waals surface area contributed by atoms with Gasteiger partial charge in [0, 0.05) is 6.54 Å². The van der Waals surface area contributed by atoms with Gasteiger partial charge >= 0.3 is 0 Å². The molecule has 3 N–H and O–H groups in total. The van der Waals surface area contributed by atoms with Crippen molar-refractivity contribution < 1.29 is 14.3 Å². The van der Waals surface area contributed by atoms with Gasteiger partial charge in [-0.05, 0) is 36.5 Å². The van der Waals surface area contributed by atoms with Crippen LogP contribution in [0.4, 0.5) is 5.82 Å². The fourth-order valence-electron chi connectivity index (χ4n) is 4.67. The van der Waals surface area contributed by atoms with Gasteiger partial charge in [0.05, 0.1) is 37.0 Å². The molecule has 1 saturated carbocycles. The molecule has 3 aliphatic rings. The Kier molecular flexibility index (Phi) is 4.93. The Labute approximate surface area is 176 Å². The molecule has 2 aromatic rings. The number of hydrogen-bond acceptors (Lipinski definition) is 5. The maximum absolute atomic E-state index is 13.1. The molecule has 1 aliphatic carbocycles. The summed E-state index contributed by atoms with van der Waals surface area (Å²) in [6, 6.07) is 8.00. The van der Waals surface area contributed by atoms with Crippen LogP contribution < -0.4 is 15.8 Å². The van der Waals surface area contributed by atoms with Crippen LogP contribution in [0.2, 0.25) is 0 Å². The van der Waals surface area contributed by atoms with Crippen molar-refractivity contribution in [1.82, 2.24) is 15.1 Å². The van der Waals surface area contributed by atoms with Gasteiger partial charge in [-0.1, -0.05) is 38.3 Å². The van der Waals surface area contributed by atoms with E-state index in [1.807, 2.05) is 28.9 Å². The number of nitrogen functional groups attached to an aromatic ring is 1. The van der Waals surface area contributed by atoms with Crippen LogP contribution in [-0.4, -0.2) is 35.5 Å². The second kappa shape index (κ2) is 7.61. The van der Waals surface area contributed by atoms with E-state index in [1.165, 1.54) is 12.8 Å². The van der Waals surface area contributed by atoms with Crippen molar-refractivity contribution in [3.63, 3.8) is 0 Å². The molecule has 30 heavy (non-hydrogen) atoms. The topological polar surface area (TPSA) is 91.4 Å². The van der Waals surface area contributed by atoms with Crippen LogP contribution in [-0.2, 0) is 16.8 Å². The Balaban J connectivity index is 1.44. The largest absolute Gasteiger partial charge is 0.494 e. The third-order valence-corrected chi connectivity index (χ3v) is 6.70. The Bertz CT molecular complexity index is 935. The summed E-state index contributed by atoms with van der Waals surface area (Å²) in [6.07, 6.45) is 5.78. The van der Waals surface area contributed by atoms with Crippen molar-refractivity contribution in [2.24, 2.45) is 5.92 Å². The molecule has 2 fully saturated rings. The van der Waals surface area contributed by atoms with Gasteiger partial charge in [0.15, 0.2) is 0 Å². The van der Waals surface area contributed by atoms with Gasteiger partial charge in [0.25, 0.3) is 5.91 Å². The summed E-state index contributed by atoms with van der Waals surface area (Å²) in [5.74, 6) is 1.89. The first-order valence-corrected chi connectivity index (χ1v) is 11.1. The zero-order chi connectivity index (χ0) is 20.7. The maximum atomic E-state index is 13.1. The van der Waals surface area contributed by atoms with E-state index in [1.54, 1.807) is 0 Å². The van der Waals surface area contributed by atoms with Crippen LogP contribution in [0.15, 0.2) is 24.3 Å². The molecule has 1 unspecified atom stereocenters. The summed E-state index contributed by atoms with van der Waals surface area (Å²) in [4.78, 5) is 13.1. The molecule has 160 valence electrons. The molecule has 0 bridgehead atoms. The summed E-state index contributed by atoms with van der Waals surface area (Å²) in [5, 5.41) is 8.04. The molecule has 2 aliphatic heterocycles. The monoisotopic (exact) mass is 410 g/mol. The minimum atomic E-state index is -0.617. The lowest BCUT2D eigenvalue weighted by Gasteiger charge is -2.38. The summed E-state index contributed by atoms with van der Waals surface area (Å²) in [7, 11) is 0. The lowest BCUT2D eigenvalue weighted by molar-refractivity contribution is 0.0853. The highest BCUT2D eigenvalue weighted by Gasteiger charge is 2.54. The summed E-state index contributed by atoms with van der Waals surface area (Å²) in [5.41, 5.74) is 8.04. The molecule has 5 rings (SSSR count). The molecule has 2 atom stereocenters. The fourth-order valence-corrected chi connectivity index (χ4v) is 4.67. The molecule has 7 heteroatoms. The number of benzene rings is 1. The first-order chi connectivity index (χ1) is 14.6. The van der Waals surface area contributed by atoms with Gasteiger partial charge in [-0.15, -0.1) is 0 Å². The Morgan fingerprint density at radius 2 is 2.13 bits per heavy atom. The number of nitrogens with one attached hydrogen (secondary N) is 1. The van der Waals surface area contributed by atoms with Gasteiger partial charge in [-0.3, -0.25) is 4.79 Å². The third kappa shape index (κ3) is 3.25. The van der Waals surface area contributed by atoms with Crippen LogP contribution in [0.5, 0.6) is 5.75 Å². The number of aromatic nitrogens is 2. The number of amides is 1. The minimum Gasteiger partial charge on any atom is -0.494 e. The number of fused-ring (bicyclic) bond motifs is 3. The van der Waals surface area contributed by atoms with Crippen molar-refractivity contribution in [1.29, 1.82) is 0 Å². The van der Waals surface area contributed by atoms with Crippen molar-refractivity contribution in [2.75, 3.05) is 25.6 Å². The molecule has 1 saturated heterocycles. The molecule has 0 radical (unpaired) electrons. The van der Waals surface area contributed by atoms with Crippen LogP contribution in [0, 0.1) is 5.92 Å². The standard InChI is InChI=1S/C23H30N4O3/c1-2-3-12-30-17-8-6-16(7-9-17)23-14-29-13-18(23)20-19(22(28)25-23)21(24)27(26-20)11-10-15-4-5-15/h6-9,15,18H,2-5,10-14,24H2,1H3,(H,25,28)/t18-,23?/m0/s1. The molecule has 1 aromatic heterocycles. The zero-order valence-corrected chi connectivity index (χ0v) is 17.5. The van der Waals surface area contributed by atoms with E-state index in [0.29, 0.717) is 31.2 Å². The van der Waals surface area contributed by atoms with Gasteiger partial charge in [0.1, 0.15) is 17.1 Å². The SMILES string of the molecule is CCCCOc1ccc(C23COC[C@H]2c2nn(CCC4CC4)c(N)c2C(=O)N3)cc1. The first kappa shape index (κ1) is 19.4. The van der Waals surface area contributed by atoms with Gasteiger partial charge in [-0.25, -0.2) is 4.68 Å². The number of aryl methyl sites for hydroxylation is 1. The number of unbranched alkanes of at least 4 members (excludes halogenated alkanes) is 1. The van der Waals surface area contributed by atoms with Gasteiger partial charge in [-0.2, -0.15) is 5.10 Å². The highest BCUT2D eigenvalue weighted by atomic mass is 16.5. The van der Waals surface area contributed by atoms with Crippen molar-refractivity contribution in [2.45, 2.75) is 57.0 Å². The number of anilines is 1. The van der Waals surface area contributed by atoms with Crippen LogP contribution >= 0.6 is 0 Å². The summed E-state index contributed by atoms with van der Waals surface area (Å²) >= 11 is 0. The van der Waals surface area contributed by atoms with E-state index in [4.69, 9.17) is 20.3 Å². The lowest BCUT2D eigenvalue weighted by atomic mass is 9.75. The number of nitrogens with zero attached hydrogens (tertiary/aromatic N) is 2. The van der Waals surface area contributed by atoms with Crippen molar-refractivity contribution >= 4 is 11.7 Å². The Morgan fingerprint density at radius 3 is 2.87 bits per heavy atom. The summed E-state index contributed by atoms with van der Waals surface area (Å²) in [6.45, 7) is 4.56. The zero-order valence-electron chi connectivity index (χ0n) is 17.5. The van der Waals surface area contributed by atoms with E-state index in [-0.39, 0.29) is 11.8 Å². The predicted molar refractivity (Wildman–Crippen MR) is 114 cm³/mol. The second-order valence-corrected chi connectivity index (χ2v) is 8.82. The average molecular weight is 411 g/mol. The molecular weight excluding hydrogens is 380 g/mol. The van der Waals surface area contributed by atoms with Crippen LogP contribution in [0.1, 0.15) is 66.6 Å². The number of hydrogen-bond donors (Lipinski definition) is 2. The predicted octanol–water partition coefficient (Wildman–Crippen LogP) is 3.20. The van der Waals surface area contributed by atoms with Crippen molar-refractivity contribution in [3.05, 3.63) is 41.1 Å². The minimum absolute atomic E-state index is 0.0541. The average Bonchev–Trinajstić information content (AvgIpc) is 3.38. The number of carbonyl (C=O) groups excluding carboxylic acids is 1. The van der Waals surface area contributed by atoms with E-state index < -0.39 is 5.54 Å². The van der Waals surface area contributed by atoms with Crippen molar-refractivity contribution in [3.8, 4) is 5.75 Å². The van der Waals surface area contributed by atoms with E-state index in [0.717, 1.165) is 48.7 Å². The Hall–Kier alpha value is -2.54. The lowest BCUT2D eigenvalue weighted by Crippen LogP contribution is -2.53. The number of rotatable bonds is 8. The van der Waals surface area contributed by atoms with E-state index in [2.05, 4.69) is 12.2 Å². The van der Waals surface area contributed by atoms with E-state index in [9.17, 15) is 4.79 Å². The maximum Gasteiger partial charge on any atom is 0.257 e. The van der Waals surface area contributed by atoms with E-state index >= 15 is 0 Å².